The van der Waals surface area contributed by atoms with E-state index in [1.165, 1.54) is 0 Å². The maximum absolute atomic E-state index is 11.7. The predicted molar refractivity (Wildman–Crippen MR) is 182 cm³/mol. The molecule has 0 bridgehead atoms. The van der Waals surface area contributed by atoms with E-state index in [4.69, 9.17) is 19.4 Å². The van der Waals surface area contributed by atoms with E-state index in [9.17, 15) is 25.2 Å². The normalized spacial score (nSPS) is 12.2. The molecule has 0 saturated carbocycles. The number of imidazole rings is 2. The topological polar surface area (TPSA) is 159 Å². The number of aromatic nitrogens is 4. The van der Waals surface area contributed by atoms with Crippen LogP contribution < -0.4 is 9.80 Å². The molecule has 0 aliphatic rings. The van der Waals surface area contributed by atoms with E-state index >= 15 is 0 Å². The molecule has 4 rings (SSSR count). The zero-order chi connectivity index (χ0) is 33.8. The molecule has 0 amide bonds. The van der Waals surface area contributed by atoms with Gasteiger partial charge in [0.05, 0.1) is 55.1 Å². The molecule has 0 aliphatic heterocycles. The van der Waals surface area contributed by atoms with Gasteiger partial charge >= 0.3 is 5.97 Å². The van der Waals surface area contributed by atoms with Crippen LogP contribution in [0.3, 0.4) is 0 Å². The number of hydrogen-bond donors (Lipinski definition) is 4. The van der Waals surface area contributed by atoms with Crippen molar-refractivity contribution in [2.75, 3.05) is 69.0 Å². The maximum atomic E-state index is 11.7. The highest BCUT2D eigenvalue weighted by Gasteiger charge is 2.15. The zero-order valence-corrected chi connectivity index (χ0v) is 27.8. The average Bonchev–Trinajstić information content (AvgIpc) is 3.54. The number of carbonyl (C=O) groups excluding carboxylic acids is 1. The van der Waals surface area contributed by atoms with Crippen LogP contribution in [0.4, 0.5) is 11.4 Å². The van der Waals surface area contributed by atoms with Gasteiger partial charge < -0.3 is 48.8 Å². The number of aliphatic hydroxyl groups excluding tert-OH is 4. The van der Waals surface area contributed by atoms with Gasteiger partial charge in [0.2, 0.25) is 0 Å². The summed E-state index contributed by atoms with van der Waals surface area (Å²) < 4.78 is 14.9. The van der Waals surface area contributed by atoms with Crippen molar-refractivity contribution in [2.24, 2.45) is 14.1 Å². The van der Waals surface area contributed by atoms with E-state index in [1.54, 1.807) is 6.92 Å². The molecular weight excluding hydrogens is 604 g/mol. The molecule has 2 heterocycles. The lowest BCUT2D eigenvalue weighted by molar-refractivity contribution is -0.143. The number of carbonyl (C=O) groups is 1. The van der Waals surface area contributed by atoms with E-state index in [1.807, 2.05) is 69.4 Å². The molecule has 0 fully saturated rings. The number of fused-ring (bicyclic) bond motifs is 2. The number of esters is 1. The highest BCUT2D eigenvalue weighted by molar-refractivity contribution is 5.81. The molecule has 13 heteroatoms. The first-order chi connectivity index (χ1) is 22.8. The molecule has 2 aromatic heterocycles. The Kier molecular flexibility index (Phi) is 13.8. The Morgan fingerprint density at radius 2 is 1.32 bits per heavy atom. The molecule has 13 nitrogen and oxygen atoms in total. The minimum atomic E-state index is -0.923. The lowest BCUT2D eigenvalue weighted by atomic mass is 10.2. The molecule has 1 unspecified atom stereocenters. The van der Waals surface area contributed by atoms with Crippen molar-refractivity contribution in [1.82, 2.24) is 19.1 Å². The van der Waals surface area contributed by atoms with Gasteiger partial charge in [0.25, 0.3) is 0 Å². The highest BCUT2D eigenvalue weighted by Crippen LogP contribution is 2.25. The largest absolute Gasteiger partial charge is 0.466 e. The number of aryl methyl sites for hydroxylation is 4. The summed E-state index contributed by atoms with van der Waals surface area (Å²) in [5.41, 5.74) is 5.47. The zero-order valence-electron chi connectivity index (χ0n) is 27.8. The average molecular weight is 655 g/mol. The number of anilines is 2. The second kappa shape index (κ2) is 18.0. The molecular formula is C34H50N6O7. The van der Waals surface area contributed by atoms with Crippen molar-refractivity contribution >= 4 is 39.4 Å². The Morgan fingerprint density at radius 1 is 0.809 bits per heavy atom. The van der Waals surface area contributed by atoms with Crippen LogP contribution in [-0.4, -0.2) is 111 Å². The van der Waals surface area contributed by atoms with Gasteiger partial charge in [-0.15, -0.1) is 0 Å². The van der Waals surface area contributed by atoms with Gasteiger partial charge in [0, 0.05) is 70.9 Å². The quantitative estimate of drug-likeness (QED) is 0.0772. The molecule has 258 valence electrons. The number of nitrogens with zero attached hydrogens (tertiary/aromatic N) is 6. The molecule has 0 radical (unpaired) electrons. The van der Waals surface area contributed by atoms with Crippen LogP contribution in [0.1, 0.15) is 44.3 Å². The van der Waals surface area contributed by atoms with E-state index in [0.717, 1.165) is 45.1 Å². The summed E-state index contributed by atoms with van der Waals surface area (Å²) in [7, 11) is 3.94. The Labute approximate surface area is 276 Å². The predicted octanol–water partition coefficient (Wildman–Crippen LogP) is 2.29. The number of ether oxygens (including phenoxy) is 2. The van der Waals surface area contributed by atoms with E-state index in [-0.39, 0.29) is 32.4 Å². The van der Waals surface area contributed by atoms with Crippen molar-refractivity contribution in [3.63, 3.8) is 0 Å². The number of benzene rings is 2. The lowest BCUT2D eigenvalue weighted by Crippen LogP contribution is -2.31. The molecule has 0 aliphatic carbocycles. The summed E-state index contributed by atoms with van der Waals surface area (Å²) in [6.07, 6.45) is 2.57. The van der Waals surface area contributed by atoms with Gasteiger partial charge in [-0.2, -0.15) is 0 Å². The van der Waals surface area contributed by atoms with Gasteiger partial charge in [0.1, 0.15) is 11.6 Å². The third kappa shape index (κ3) is 9.64. The van der Waals surface area contributed by atoms with Crippen molar-refractivity contribution in [3.05, 3.63) is 48.0 Å². The van der Waals surface area contributed by atoms with Crippen molar-refractivity contribution in [1.29, 1.82) is 0 Å². The number of rotatable bonds is 21. The van der Waals surface area contributed by atoms with Crippen LogP contribution in [0, 0.1) is 0 Å². The van der Waals surface area contributed by atoms with Crippen LogP contribution in [0.25, 0.3) is 22.1 Å². The number of hydrogen-bond acceptors (Lipinski definition) is 11. The molecule has 1 atom stereocenters. The summed E-state index contributed by atoms with van der Waals surface area (Å²) in [5.74, 6) is 1.61. The highest BCUT2D eigenvalue weighted by atomic mass is 16.6. The van der Waals surface area contributed by atoms with Crippen LogP contribution in [0.2, 0.25) is 0 Å². The van der Waals surface area contributed by atoms with Gasteiger partial charge in [-0.25, -0.2) is 9.97 Å². The number of aliphatic hydroxyl groups is 4. The molecule has 2 aromatic carbocycles. The third-order valence-corrected chi connectivity index (χ3v) is 8.36. The third-order valence-electron chi connectivity index (χ3n) is 8.36. The molecule has 47 heavy (non-hydrogen) atoms. The van der Waals surface area contributed by atoms with Crippen molar-refractivity contribution in [2.45, 2.75) is 51.7 Å². The van der Waals surface area contributed by atoms with Gasteiger partial charge in [0.15, 0.2) is 6.29 Å². The first-order valence-corrected chi connectivity index (χ1v) is 16.5. The summed E-state index contributed by atoms with van der Waals surface area (Å²) in [6.45, 7) is 4.21. The molecule has 0 spiro atoms. The smallest absolute Gasteiger partial charge is 0.305 e. The van der Waals surface area contributed by atoms with E-state index in [2.05, 4.69) is 0 Å². The van der Waals surface area contributed by atoms with Crippen molar-refractivity contribution < 1.29 is 34.7 Å². The fourth-order valence-corrected chi connectivity index (χ4v) is 5.86. The maximum Gasteiger partial charge on any atom is 0.305 e. The Morgan fingerprint density at radius 3 is 1.83 bits per heavy atom. The first-order valence-electron chi connectivity index (χ1n) is 16.5. The first kappa shape index (κ1) is 36.1. The van der Waals surface area contributed by atoms with Crippen molar-refractivity contribution in [3.8, 4) is 0 Å². The Hall–Kier alpha value is -3.75. The van der Waals surface area contributed by atoms with E-state index < -0.39 is 6.29 Å². The summed E-state index contributed by atoms with van der Waals surface area (Å²) in [5, 5.41) is 39.0. The minimum absolute atomic E-state index is 0.00104. The molecule has 0 saturated heterocycles. The van der Waals surface area contributed by atoms with Gasteiger partial charge in [-0.3, -0.25) is 4.79 Å². The fourth-order valence-electron chi connectivity index (χ4n) is 5.86. The Bertz CT molecular complexity index is 1570. The van der Waals surface area contributed by atoms with Crippen LogP contribution in [0.5, 0.6) is 0 Å². The van der Waals surface area contributed by atoms with E-state index in [0.29, 0.717) is 71.3 Å². The lowest BCUT2D eigenvalue weighted by Gasteiger charge is -2.24. The summed E-state index contributed by atoms with van der Waals surface area (Å²) >= 11 is 0. The Balaban J connectivity index is 1.27. The summed E-state index contributed by atoms with van der Waals surface area (Å²) in [6, 6.07) is 11.9. The monoisotopic (exact) mass is 654 g/mol. The molecule has 4 aromatic rings. The fraction of sp³-hybridized carbons (Fsp3) is 0.559. The standard InChI is InChI=1S/C34H50N6O7/c1-4-46-33(44)9-5-7-31-36-28-24-26(12-14-30(28)38(31)3)40(17-21-43)18-22-47-34(45)10-6-8-32-35-27-23-25(11-13-29(27)37(32)2)39(15-19-41)16-20-42/h11-14,23-24,34,41-43,45H,4-10,15-22H2,1-3H3. The van der Waals surface area contributed by atoms with Crippen LogP contribution in [-0.2, 0) is 41.2 Å². The van der Waals surface area contributed by atoms with Gasteiger partial charge in [-0.1, -0.05) is 0 Å². The second-order valence-electron chi connectivity index (χ2n) is 11.5. The van der Waals surface area contributed by atoms with Crippen LogP contribution >= 0.6 is 0 Å². The van der Waals surface area contributed by atoms with Crippen LogP contribution in [0.15, 0.2) is 36.4 Å². The SMILES string of the molecule is CCOC(=O)CCCc1nc2cc(N(CCO)CCOC(O)CCCc3nc4cc(N(CCO)CCO)ccc4n3C)ccc2n1C. The minimum Gasteiger partial charge on any atom is -0.466 e. The second-order valence-corrected chi connectivity index (χ2v) is 11.5. The molecule has 4 N–H and O–H groups in total. The van der Waals surface area contributed by atoms with Gasteiger partial charge in [-0.05, 0) is 62.6 Å². The summed E-state index contributed by atoms with van der Waals surface area (Å²) in [4.78, 5) is 25.2.